The van der Waals surface area contributed by atoms with Gasteiger partial charge in [0.1, 0.15) is 12.2 Å². The highest BCUT2D eigenvalue weighted by molar-refractivity contribution is 9.10. The quantitative estimate of drug-likeness (QED) is 0.839. The van der Waals surface area contributed by atoms with Crippen molar-refractivity contribution in [3.63, 3.8) is 0 Å². The number of benzene rings is 1. The topological polar surface area (TPSA) is 87.9 Å². The third-order valence-corrected chi connectivity index (χ3v) is 3.13. The zero-order valence-electron chi connectivity index (χ0n) is 9.72. The normalized spacial score (nSPS) is 10.3. The van der Waals surface area contributed by atoms with E-state index in [4.69, 9.17) is 5.73 Å². The van der Waals surface area contributed by atoms with E-state index < -0.39 is 0 Å². The Morgan fingerprint density at radius 1 is 1.56 bits per heavy atom. The minimum Gasteiger partial charge on any atom is -0.398 e. The molecule has 0 spiro atoms. The molecule has 0 aliphatic heterocycles. The first-order valence-corrected chi connectivity index (χ1v) is 6.02. The second-order valence-electron chi connectivity index (χ2n) is 3.83. The van der Waals surface area contributed by atoms with Crippen molar-refractivity contribution >= 4 is 27.5 Å². The van der Waals surface area contributed by atoms with Crippen LogP contribution in [0.25, 0.3) is 0 Å². The van der Waals surface area contributed by atoms with Gasteiger partial charge in [-0.05, 0) is 34.1 Å². The fraction of sp³-hybridized carbons (Fsp3) is 0.182. The van der Waals surface area contributed by atoms with Gasteiger partial charge in [0, 0.05) is 22.8 Å². The Bertz CT molecular complexity index is 555. The van der Waals surface area contributed by atoms with Crippen molar-refractivity contribution in [2.24, 2.45) is 0 Å². The number of aromatic nitrogens is 3. The molecule has 6 nitrogen and oxygen atoms in total. The molecule has 18 heavy (non-hydrogen) atoms. The van der Waals surface area contributed by atoms with Crippen LogP contribution in [0.5, 0.6) is 0 Å². The SMILES string of the molecule is CN(Cc1ncn[nH]1)C(=O)c1ccc(N)c(Br)c1. The summed E-state index contributed by atoms with van der Waals surface area (Å²) in [7, 11) is 1.70. The number of H-pyrrole nitrogens is 1. The van der Waals surface area contributed by atoms with Crippen LogP contribution in [-0.4, -0.2) is 33.0 Å². The first-order valence-electron chi connectivity index (χ1n) is 5.22. The van der Waals surface area contributed by atoms with E-state index in [1.54, 1.807) is 30.1 Å². The molecule has 0 radical (unpaired) electrons. The fourth-order valence-corrected chi connectivity index (χ4v) is 1.86. The second kappa shape index (κ2) is 5.18. The zero-order valence-corrected chi connectivity index (χ0v) is 11.3. The van der Waals surface area contributed by atoms with Gasteiger partial charge in [0.15, 0.2) is 0 Å². The van der Waals surface area contributed by atoms with Crippen LogP contribution < -0.4 is 5.73 Å². The van der Waals surface area contributed by atoms with Crippen molar-refractivity contribution in [3.8, 4) is 0 Å². The molecule has 0 bridgehead atoms. The van der Waals surface area contributed by atoms with Crippen LogP contribution in [0.1, 0.15) is 16.2 Å². The molecule has 0 saturated heterocycles. The van der Waals surface area contributed by atoms with E-state index in [9.17, 15) is 4.79 Å². The van der Waals surface area contributed by atoms with Crippen LogP contribution in [-0.2, 0) is 6.54 Å². The third-order valence-electron chi connectivity index (χ3n) is 2.45. The van der Waals surface area contributed by atoms with E-state index in [-0.39, 0.29) is 5.91 Å². The first kappa shape index (κ1) is 12.6. The lowest BCUT2D eigenvalue weighted by atomic mass is 10.2. The maximum absolute atomic E-state index is 12.1. The second-order valence-corrected chi connectivity index (χ2v) is 4.68. The van der Waals surface area contributed by atoms with E-state index in [0.717, 1.165) is 0 Å². The lowest BCUT2D eigenvalue weighted by molar-refractivity contribution is 0.0781. The molecule has 0 aliphatic carbocycles. The molecule has 3 N–H and O–H groups in total. The van der Waals surface area contributed by atoms with Gasteiger partial charge < -0.3 is 10.6 Å². The molecule has 1 aromatic carbocycles. The average molecular weight is 310 g/mol. The van der Waals surface area contributed by atoms with Crippen LogP contribution in [0.4, 0.5) is 5.69 Å². The Kier molecular flexibility index (Phi) is 3.61. The lowest BCUT2D eigenvalue weighted by Crippen LogP contribution is -2.26. The van der Waals surface area contributed by atoms with E-state index in [0.29, 0.717) is 28.1 Å². The molecule has 0 fully saturated rings. The van der Waals surface area contributed by atoms with Gasteiger partial charge in [0.2, 0.25) is 0 Å². The minimum absolute atomic E-state index is 0.105. The number of rotatable bonds is 3. The standard InChI is InChI=1S/C11H12BrN5O/c1-17(5-10-14-6-15-16-10)11(18)7-2-3-9(13)8(12)4-7/h2-4,6H,5,13H2,1H3,(H,14,15,16). The molecule has 7 heteroatoms. The Morgan fingerprint density at radius 2 is 2.33 bits per heavy atom. The Labute approximate surface area is 112 Å². The summed E-state index contributed by atoms with van der Waals surface area (Å²) in [5.74, 6) is 0.535. The number of nitrogens with zero attached hydrogens (tertiary/aromatic N) is 3. The monoisotopic (exact) mass is 309 g/mol. The number of amides is 1. The van der Waals surface area contributed by atoms with Crippen LogP contribution >= 0.6 is 15.9 Å². The number of nitrogens with one attached hydrogen (secondary N) is 1. The predicted octanol–water partition coefficient (Wildman–Crippen LogP) is 1.42. The molecule has 1 aromatic heterocycles. The molecule has 0 atom stereocenters. The van der Waals surface area contributed by atoms with Gasteiger partial charge in [-0.1, -0.05) is 0 Å². The van der Waals surface area contributed by atoms with Gasteiger partial charge in [-0.3, -0.25) is 9.89 Å². The van der Waals surface area contributed by atoms with Crippen molar-refractivity contribution in [2.75, 3.05) is 12.8 Å². The van der Waals surface area contributed by atoms with Crippen LogP contribution in [0.2, 0.25) is 0 Å². The van der Waals surface area contributed by atoms with Crippen molar-refractivity contribution in [1.29, 1.82) is 0 Å². The van der Waals surface area contributed by atoms with Crippen molar-refractivity contribution in [2.45, 2.75) is 6.54 Å². The Balaban J connectivity index is 2.12. The number of nitrogen functional groups attached to an aromatic ring is 1. The minimum atomic E-state index is -0.105. The maximum atomic E-state index is 12.1. The number of hydrogen-bond acceptors (Lipinski definition) is 4. The van der Waals surface area contributed by atoms with Gasteiger partial charge in [-0.25, -0.2) is 4.98 Å². The van der Waals surface area contributed by atoms with E-state index >= 15 is 0 Å². The number of hydrogen-bond donors (Lipinski definition) is 2. The van der Waals surface area contributed by atoms with Gasteiger partial charge in [0.05, 0.1) is 6.54 Å². The summed E-state index contributed by atoms with van der Waals surface area (Å²) < 4.78 is 0.710. The molecule has 0 unspecified atom stereocenters. The maximum Gasteiger partial charge on any atom is 0.254 e. The summed E-state index contributed by atoms with van der Waals surface area (Å²) >= 11 is 3.30. The molecule has 0 saturated carbocycles. The molecular weight excluding hydrogens is 298 g/mol. The first-order chi connectivity index (χ1) is 8.58. The van der Waals surface area contributed by atoms with Gasteiger partial charge in [-0.15, -0.1) is 0 Å². The highest BCUT2D eigenvalue weighted by atomic mass is 79.9. The number of anilines is 1. The fourth-order valence-electron chi connectivity index (χ4n) is 1.48. The summed E-state index contributed by atoms with van der Waals surface area (Å²) in [6, 6.07) is 5.09. The number of carbonyl (C=O) groups excluding carboxylic acids is 1. The summed E-state index contributed by atoms with van der Waals surface area (Å²) in [6.07, 6.45) is 1.41. The summed E-state index contributed by atoms with van der Waals surface area (Å²) in [4.78, 5) is 17.7. The molecular formula is C11H12BrN5O. The molecule has 2 aromatic rings. The van der Waals surface area contributed by atoms with E-state index in [2.05, 4.69) is 31.1 Å². The van der Waals surface area contributed by atoms with E-state index in [1.807, 2.05) is 0 Å². The predicted molar refractivity (Wildman–Crippen MR) is 70.7 cm³/mol. The van der Waals surface area contributed by atoms with Gasteiger partial charge in [-0.2, -0.15) is 5.10 Å². The molecule has 94 valence electrons. The van der Waals surface area contributed by atoms with Crippen molar-refractivity contribution < 1.29 is 4.79 Å². The van der Waals surface area contributed by atoms with Crippen LogP contribution in [0.15, 0.2) is 29.0 Å². The number of halogens is 1. The Morgan fingerprint density at radius 3 is 2.94 bits per heavy atom. The summed E-state index contributed by atoms with van der Waals surface area (Å²) in [5.41, 5.74) is 6.85. The largest absolute Gasteiger partial charge is 0.398 e. The Hall–Kier alpha value is -1.89. The summed E-state index contributed by atoms with van der Waals surface area (Å²) in [6.45, 7) is 0.376. The highest BCUT2D eigenvalue weighted by Gasteiger charge is 2.14. The van der Waals surface area contributed by atoms with Crippen LogP contribution in [0, 0.1) is 0 Å². The molecule has 1 heterocycles. The number of carbonyl (C=O) groups is 1. The molecule has 1 amide bonds. The molecule has 0 aliphatic rings. The van der Waals surface area contributed by atoms with E-state index in [1.165, 1.54) is 6.33 Å². The smallest absolute Gasteiger partial charge is 0.254 e. The lowest BCUT2D eigenvalue weighted by Gasteiger charge is -2.15. The third kappa shape index (κ3) is 2.67. The average Bonchev–Trinajstić information content (AvgIpc) is 2.84. The van der Waals surface area contributed by atoms with Gasteiger partial charge in [0.25, 0.3) is 5.91 Å². The number of nitrogens with two attached hydrogens (primary N) is 1. The zero-order chi connectivity index (χ0) is 13.1. The van der Waals surface area contributed by atoms with Crippen molar-refractivity contribution in [3.05, 3.63) is 40.4 Å². The highest BCUT2D eigenvalue weighted by Crippen LogP contribution is 2.21. The number of aromatic amines is 1. The van der Waals surface area contributed by atoms with Gasteiger partial charge >= 0.3 is 0 Å². The van der Waals surface area contributed by atoms with Crippen LogP contribution in [0.3, 0.4) is 0 Å². The molecule has 2 rings (SSSR count). The summed E-state index contributed by atoms with van der Waals surface area (Å²) in [5, 5.41) is 6.45. The van der Waals surface area contributed by atoms with Crippen molar-refractivity contribution in [1.82, 2.24) is 20.1 Å².